The zero-order chi connectivity index (χ0) is 15.6. The topological polar surface area (TPSA) is 29.5 Å². The van der Waals surface area contributed by atoms with Crippen molar-refractivity contribution in [1.82, 2.24) is 4.90 Å². The van der Waals surface area contributed by atoms with Gasteiger partial charge in [-0.2, -0.15) is 0 Å². The Labute approximate surface area is 127 Å². The molecule has 0 saturated heterocycles. The number of amides is 1. The van der Waals surface area contributed by atoms with Crippen LogP contribution in [0, 0.1) is 6.92 Å². The molecule has 1 aliphatic rings. The number of rotatable bonds is 1. The van der Waals surface area contributed by atoms with E-state index in [1.54, 1.807) is 0 Å². The summed E-state index contributed by atoms with van der Waals surface area (Å²) in [4.78, 5) is 14.3. The highest BCUT2D eigenvalue weighted by atomic mass is 16.6. The Hall–Kier alpha value is -1.77. The Kier molecular flexibility index (Phi) is 4.40. The molecule has 0 radical (unpaired) electrons. The molecule has 0 spiro atoms. The van der Waals surface area contributed by atoms with Crippen molar-refractivity contribution < 1.29 is 9.53 Å². The highest BCUT2D eigenvalue weighted by molar-refractivity contribution is 5.70. The summed E-state index contributed by atoms with van der Waals surface area (Å²) in [5.41, 5.74) is 3.33. The van der Waals surface area contributed by atoms with Crippen molar-refractivity contribution in [3.63, 3.8) is 0 Å². The fourth-order valence-electron chi connectivity index (χ4n) is 2.83. The predicted octanol–water partition coefficient (Wildman–Crippen LogP) is 4.41. The molecule has 1 aromatic rings. The molecule has 1 aliphatic heterocycles. The number of aryl methyl sites for hydroxylation is 1. The third-order valence-corrected chi connectivity index (χ3v) is 3.67. The van der Waals surface area contributed by atoms with Crippen LogP contribution in [-0.4, -0.2) is 23.1 Å². The second-order valence-corrected chi connectivity index (χ2v) is 6.54. The van der Waals surface area contributed by atoms with E-state index in [1.165, 1.54) is 16.7 Å². The second kappa shape index (κ2) is 5.92. The van der Waals surface area contributed by atoms with Gasteiger partial charge in [0, 0.05) is 6.54 Å². The summed E-state index contributed by atoms with van der Waals surface area (Å²) < 4.78 is 5.56. The monoisotopic (exact) mass is 287 g/mol. The van der Waals surface area contributed by atoms with E-state index in [-0.39, 0.29) is 12.1 Å². The van der Waals surface area contributed by atoms with Crippen LogP contribution in [0.1, 0.15) is 50.4 Å². The minimum atomic E-state index is -0.469. The van der Waals surface area contributed by atoms with Crippen LogP contribution in [0.5, 0.6) is 0 Å². The normalized spacial score (nSPS) is 18.7. The molecule has 114 valence electrons. The lowest BCUT2D eigenvalue weighted by Crippen LogP contribution is -2.42. The predicted molar refractivity (Wildman–Crippen MR) is 85.4 cm³/mol. The van der Waals surface area contributed by atoms with Gasteiger partial charge in [-0.05, 0) is 57.7 Å². The molecular weight excluding hydrogens is 262 g/mol. The molecule has 0 N–H and O–H groups in total. The number of carbonyl (C=O) groups is 1. The summed E-state index contributed by atoms with van der Waals surface area (Å²) in [6.45, 7) is 10.5. The molecule has 0 fully saturated rings. The van der Waals surface area contributed by atoms with Gasteiger partial charge in [0.2, 0.25) is 0 Å². The number of nitrogens with zero attached hydrogens (tertiary/aromatic N) is 1. The van der Waals surface area contributed by atoms with E-state index in [9.17, 15) is 4.79 Å². The standard InChI is InChI=1S/C18H25NO2/c1-6-8-15-16-13(2)9-7-10-14(16)11-12-19(15)17(20)21-18(3,4)5/h6-10,15H,11-12H2,1-5H3/b8-6+/t15-/m0/s1. The van der Waals surface area contributed by atoms with Gasteiger partial charge in [-0.3, -0.25) is 4.90 Å². The summed E-state index contributed by atoms with van der Waals surface area (Å²) >= 11 is 0. The van der Waals surface area contributed by atoms with Crippen LogP contribution < -0.4 is 0 Å². The fraction of sp³-hybridized carbons (Fsp3) is 0.500. The Morgan fingerprint density at radius 2 is 2.10 bits per heavy atom. The number of carbonyl (C=O) groups excluding carboxylic acids is 1. The van der Waals surface area contributed by atoms with Crippen molar-refractivity contribution in [2.75, 3.05) is 6.54 Å². The van der Waals surface area contributed by atoms with E-state index in [0.717, 1.165) is 6.42 Å². The quantitative estimate of drug-likeness (QED) is 0.716. The maximum absolute atomic E-state index is 12.5. The molecule has 1 aromatic carbocycles. The first-order valence-electron chi connectivity index (χ1n) is 7.54. The van der Waals surface area contributed by atoms with Crippen LogP contribution in [-0.2, 0) is 11.2 Å². The molecule has 2 rings (SSSR count). The SMILES string of the molecule is C/C=C/[C@H]1c2c(C)cccc2CCN1C(=O)OC(C)(C)C. The molecule has 21 heavy (non-hydrogen) atoms. The van der Waals surface area contributed by atoms with Crippen molar-refractivity contribution in [3.8, 4) is 0 Å². The minimum absolute atomic E-state index is 0.0326. The molecule has 1 heterocycles. The van der Waals surface area contributed by atoms with Gasteiger partial charge in [0.05, 0.1) is 6.04 Å². The smallest absolute Gasteiger partial charge is 0.411 e. The van der Waals surface area contributed by atoms with E-state index in [0.29, 0.717) is 6.54 Å². The lowest BCUT2D eigenvalue weighted by Gasteiger charge is -2.37. The summed E-state index contributed by atoms with van der Waals surface area (Å²) in [7, 11) is 0. The highest BCUT2D eigenvalue weighted by Gasteiger charge is 2.32. The first-order valence-corrected chi connectivity index (χ1v) is 7.54. The second-order valence-electron chi connectivity index (χ2n) is 6.54. The molecule has 3 nitrogen and oxygen atoms in total. The van der Waals surface area contributed by atoms with Crippen molar-refractivity contribution >= 4 is 6.09 Å². The molecule has 0 saturated carbocycles. The van der Waals surface area contributed by atoms with Crippen LogP contribution in [0.3, 0.4) is 0 Å². The Morgan fingerprint density at radius 1 is 1.38 bits per heavy atom. The van der Waals surface area contributed by atoms with E-state index in [1.807, 2.05) is 38.7 Å². The third kappa shape index (κ3) is 3.46. The molecule has 1 amide bonds. The fourth-order valence-corrected chi connectivity index (χ4v) is 2.83. The van der Waals surface area contributed by atoms with Crippen molar-refractivity contribution in [1.29, 1.82) is 0 Å². The summed E-state index contributed by atoms with van der Waals surface area (Å²) in [6, 6.07) is 6.32. The average Bonchev–Trinajstić information content (AvgIpc) is 2.37. The number of allylic oxidation sites excluding steroid dienone is 1. The van der Waals surface area contributed by atoms with Gasteiger partial charge in [0.25, 0.3) is 0 Å². The van der Waals surface area contributed by atoms with E-state index >= 15 is 0 Å². The van der Waals surface area contributed by atoms with Crippen molar-refractivity contribution in [2.45, 2.75) is 52.7 Å². The first kappa shape index (κ1) is 15.6. The molecule has 0 bridgehead atoms. The van der Waals surface area contributed by atoms with Gasteiger partial charge in [-0.1, -0.05) is 30.4 Å². The number of hydrogen-bond donors (Lipinski definition) is 0. The van der Waals surface area contributed by atoms with Gasteiger partial charge in [0.15, 0.2) is 0 Å². The average molecular weight is 287 g/mol. The van der Waals surface area contributed by atoms with Gasteiger partial charge in [-0.15, -0.1) is 0 Å². The van der Waals surface area contributed by atoms with E-state index < -0.39 is 5.60 Å². The number of fused-ring (bicyclic) bond motifs is 1. The Morgan fingerprint density at radius 3 is 2.71 bits per heavy atom. The summed E-state index contributed by atoms with van der Waals surface area (Å²) in [6.07, 6.45) is 4.72. The van der Waals surface area contributed by atoms with Crippen LogP contribution in [0.15, 0.2) is 30.4 Å². The zero-order valence-electron chi connectivity index (χ0n) is 13.6. The maximum atomic E-state index is 12.5. The van der Waals surface area contributed by atoms with Gasteiger partial charge in [-0.25, -0.2) is 4.79 Å². The minimum Gasteiger partial charge on any atom is -0.444 e. The highest BCUT2D eigenvalue weighted by Crippen LogP contribution is 2.34. The maximum Gasteiger partial charge on any atom is 0.411 e. The number of ether oxygens (including phenoxy) is 1. The van der Waals surface area contributed by atoms with Gasteiger partial charge >= 0.3 is 6.09 Å². The van der Waals surface area contributed by atoms with Crippen LogP contribution in [0.2, 0.25) is 0 Å². The van der Waals surface area contributed by atoms with Crippen molar-refractivity contribution in [2.24, 2.45) is 0 Å². The molecule has 0 aromatic heterocycles. The number of benzene rings is 1. The zero-order valence-corrected chi connectivity index (χ0v) is 13.6. The summed E-state index contributed by atoms with van der Waals surface area (Å²) in [5, 5.41) is 0. The Balaban J connectivity index is 2.37. The van der Waals surface area contributed by atoms with Crippen LogP contribution in [0.25, 0.3) is 0 Å². The molecule has 0 unspecified atom stereocenters. The lowest BCUT2D eigenvalue weighted by atomic mass is 9.89. The number of hydrogen-bond acceptors (Lipinski definition) is 2. The summed E-state index contributed by atoms with van der Waals surface area (Å²) in [5.74, 6) is 0. The van der Waals surface area contributed by atoms with E-state index in [4.69, 9.17) is 4.74 Å². The van der Waals surface area contributed by atoms with E-state index in [2.05, 4.69) is 31.2 Å². The van der Waals surface area contributed by atoms with Crippen LogP contribution >= 0.6 is 0 Å². The van der Waals surface area contributed by atoms with Crippen molar-refractivity contribution in [3.05, 3.63) is 47.0 Å². The molecule has 1 atom stereocenters. The first-order chi connectivity index (χ1) is 9.83. The van der Waals surface area contributed by atoms with Crippen LogP contribution in [0.4, 0.5) is 4.79 Å². The lowest BCUT2D eigenvalue weighted by molar-refractivity contribution is 0.0184. The van der Waals surface area contributed by atoms with Gasteiger partial charge < -0.3 is 4.74 Å². The molecular formula is C18H25NO2. The molecule has 3 heteroatoms. The third-order valence-electron chi connectivity index (χ3n) is 3.67. The van der Waals surface area contributed by atoms with Gasteiger partial charge in [0.1, 0.15) is 5.60 Å². The Bertz CT molecular complexity index is 555. The molecule has 0 aliphatic carbocycles. The largest absolute Gasteiger partial charge is 0.444 e.